The highest BCUT2D eigenvalue weighted by Gasteiger charge is 2.54. The molecule has 19 heteroatoms. The molecule has 0 aromatic rings. The number of rotatable bonds is 68. The van der Waals surface area contributed by atoms with E-state index in [2.05, 4.69) is 92.1 Å². The lowest BCUT2D eigenvalue weighted by Crippen LogP contribution is -2.66. The summed E-state index contributed by atoms with van der Waals surface area (Å²) in [5.41, 5.74) is 0. The van der Waals surface area contributed by atoms with Crippen LogP contribution in [0.2, 0.25) is 0 Å². The Kier molecular flexibility index (Phi) is 61.0. The van der Waals surface area contributed by atoms with Crippen LogP contribution in [-0.2, 0) is 33.2 Å². The number of hydrogen-bond donors (Lipinski definition) is 12. The van der Waals surface area contributed by atoms with Gasteiger partial charge in [0.05, 0.1) is 38.6 Å². The van der Waals surface area contributed by atoms with Gasteiger partial charge in [0.15, 0.2) is 18.9 Å². The van der Waals surface area contributed by atoms with Gasteiger partial charge in [-0.2, -0.15) is 0 Å². The normalized spacial score (nSPS) is 26.1. The monoisotopic (exact) mass is 1500 g/mol. The Labute approximate surface area is 641 Å². The predicted molar refractivity (Wildman–Crippen MR) is 424 cm³/mol. The van der Waals surface area contributed by atoms with Crippen molar-refractivity contribution in [3.63, 3.8) is 0 Å². The lowest BCUT2D eigenvalue weighted by molar-refractivity contribution is -0.379. The number of unbranched alkanes of at least 4 members (excludes halogenated alkanes) is 40. The zero-order valence-electron chi connectivity index (χ0n) is 66.2. The van der Waals surface area contributed by atoms with E-state index in [4.69, 9.17) is 28.4 Å². The Morgan fingerprint density at radius 1 is 0.349 bits per heavy atom. The second kappa shape index (κ2) is 66.6. The smallest absolute Gasteiger partial charge is 0.220 e. The van der Waals surface area contributed by atoms with Crippen molar-refractivity contribution in [2.45, 2.75) is 433 Å². The van der Waals surface area contributed by atoms with Gasteiger partial charge in [0.1, 0.15) is 73.2 Å². The maximum absolute atomic E-state index is 13.5. The van der Waals surface area contributed by atoms with Crippen LogP contribution in [0, 0.1) is 0 Å². The van der Waals surface area contributed by atoms with Gasteiger partial charge in [-0.25, -0.2) is 0 Å². The van der Waals surface area contributed by atoms with Crippen LogP contribution >= 0.6 is 0 Å². The van der Waals surface area contributed by atoms with Gasteiger partial charge in [-0.05, 0) is 83.5 Å². The van der Waals surface area contributed by atoms with E-state index in [1.807, 2.05) is 6.08 Å². The minimum absolute atomic E-state index is 0.229. The summed E-state index contributed by atoms with van der Waals surface area (Å²) in [6.45, 7) is 1.64. The first-order valence-electron chi connectivity index (χ1n) is 42.8. The van der Waals surface area contributed by atoms with E-state index in [1.54, 1.807) is 6.08 Å². The van der Waals surface area contributed by atoms with Gasteiger partial charge in [-0.3, -0.25) is 4.79 Å². The molecule has 1 amide bonds. The minimum Gasteiger partial charge on any atom is -0.394 e. The molecule has 0 aromatic heterocycles. The molecule has 3 aliphatic rings. The van der Waals surface area contributed by atoms with Crippen molar-refractivity contribution in [2.24, 2.45) is 0 Å². The highest BCUT2D eigenvalue weighted by Crippen LogP contribution is 2.33. The van der Waals surface area contributed by atoms with E-state index < -0.39 is 124 Å². The summed E-state index contributed by atoms with van der Waals surface area (Å²) in [6.07, 6.45) is 63.0. The summed E-state index contributed by atoms with van der Waals surface area (Å²) < 4.78 is 34.5. The predicted octanol–water partition coefficient (Wildman–Crippen LogP) is 15.3. The fourth-order valence-electron chi connectivity index (χ4n) is 14.1. The fraction of sp³-hybridized carbons (Fsp3) is 0.828. The van der Waals surface area contributed by atoms with Gasteiger partial charge in [0.25, 0.3) is 0 Å². The van der Waals surface area contributed by atoms with Gasteiger partial charge >= 0.3 is 0 Å². The lowest BCUT2D eigenvalue weighted by Gasteiger charge is -2.48. The number of nitrogens with one attached hydrogen (secondary N) is 1. The molecule has 106 heavy (non-hydrogen) atoms. The first-order valence-corrected chi connectivity index (χ1v) is 42.8. The van der Waals surface area contributed by atoms with Crippen molar-refractivity contribution in [3.8, 4) is 0 Å². The lowest BCUT2D eigenvalue weighted by atomic mass is 9.96. The van der Waals surface area contributed by atoms with Crippen LogP contribution in [0.15, 0.2) is 85.1 Å². The molecule has 0 saturated carbocycles. The molecule has 3 rings (SSSR count). The Hall–Kier alpha value is -3.03. The molecule has 0 aromatic carbocycles. The zero-order chi connectivity index (χ0) is 76.7. The molecule has 0 bridgehead atoms. The number of allylic oxidation sites excluding steroid dienone is 13. The summed E-state index contributed by atoms with van der Waals surface area (Å²) >= 11 is 0. The molecule has 12 N–H and O–H groups in total. The van der Waals surface area contributed by atoms with Crippen molar-refractivity contribution >= 4 is 5.91 Å². The Morgan fingerprint density at radius 2 is 0.660 bits per heavy atom. The standard InChI is InChI=1S/C87H155NO18/c1-3-5-7-9-11-13-15-17-19-21-23-25-27-29-31-33-34-35-37-38-40-42-44-46-48-50-52-54-56-58-60-62-64-71(92)70(88-75(93)65-63-61-59-57-55-53-51-49-47-45-43-41-39-36-32-30-28-26-24-22-20-18-16-14-12-10-8-6-4-2)69-101-85-81(99)78(96)83(73(67-90)103-85)106-87-82(100)79(97)84(74(68-91)104-87)105-86-80(98)77(95)76(94)72(66-89)102-86/h6,8,12,14,18,20,24,26,46,48,54,56,62,64,70-74,76-87,89-92,94-100H,3-5,7,9-11,13,15-17,19,21-23,25,27-45,47,49-53,55,57-61,63,65-69H2,1-2H3,(H,88,93)/b8-6-,14-12-,20-18-,26-24-,48-46+,56-54+,64-62+. The first-order chi connectivity index (χ1) is 51.8. The third kappa shape index (κ3) is 45.5. The van der Waals surface area contributed by atoms with Crippen LogP contribution in [0.3, 0.4) is 0 Å². The highest BCUT2D eigenvalue weighted by atomic mass is 16.8. The SMILES string of the molecule is CC/C=C\C/C=C\C/C=C\C/C=C\CCCCCCCCCCCCCCCCCCC(=O)NC(COC1OC(CO)C(OC2OC(CO)C(OC3OC(CO)C(O)C(O)C3O)C(O)C2O)C(O)C1O)C(O)/C=C/CC/C=C/CC/C=C/CCCCCCCCCCCCCCCCCCCCCCCC. The molecule has 17 unspecified atom stereocenters. The largest absolute Gasteiger partial charge is 0.394 e. The summed E-state index contributed by atoms with van der Waals surface area (Å²) in [5.74, 6) is -0.288. The van der Waals surface area contributed by atoms with Crippen LogP contribution in [0.5, 0.6) is 0 Å². The number of carbonyl (C=O) groups is 1. The molecule has 3 heterocycles. The molecule has 3 fully saturated rings. The fourth-order valence-corrected chi connectivity index (χ4v) is 14.1. The summed E-state index contributed by atoms with van der Waals surface area (Å²) in [6, 6.07) is -1.00. The number of amides is 1. The molecular formula is C87H155NO18. The zero-order valence-corrected chi connectivity index (χ0v) is 66.2. The van der Waals surface area contributed by atoms with Crippen molar-refractivity contribution in [3.05, 3.63) is 85.1 Å². The van der Waals surface area contributed by atoms with Gasteiger partial charge in [-0.15, -0.1) is 0 Å². The van der Waals surface area contributed by atoms with Crippen LogP contribution < -0.4 is 5.32 Å². The van der Waals surface area contributed by atoms with Crippen molar-refractivity contribution in [1.82, 2.24) is 5.32 Å². The van der Waals surface area contributed by atoms with Crippen molar-refractivity contribution in [2.75, 3.05) is 26.4 Å². The van der Waals surface area contributed by atoms with E-state index in [0.717, 1.165) is 70.6 Å². The molecule has 0 aliphatic carbocycles. The summed E-state index contributed by atoms with van der Waals surface area (Å²) in [7, 11) is 0. The van der Waals surface area contributed by atoms with Crippen LogP contribution in [-0.4, -0.2) is 193 Å². The number of aliphatic hydroxyl groups excluding tert-OH is 11. The molecular weight excluding hydrogens is 1350 g/mol. The van der Waals surface area contributed by atoms with Gasteiger partial charge < -0.3 is 89.9 Å². The molecule has 17 atom stereocenters. The van der Waals surface area contributed by atoms with Crippen LogP contribution in [0.1, 0.15) is 328 Å². The Bertz CT molecular complexity index is 2240. The number of hydrogen-bond acceptors (Lipinski definition) is 18. The van der Waals surface area contributed by atoms with E-state index >= 15 is 0 Å². The maximum atomic E-state index is 13.5. The number of ether oxygens (including phenoxy) is 6. The number of carbonyl (C=O) groups excluding carboxylic acids is 1. The third-order valence-electron chi connectivity index (χ3n) is 20.9. The van der Waals surface area contributed by atoms with Crippen molar-refractivity contribution in [1.29, 1.82) is 0 Å². The highest BCUT2D eigenvalue weighted by molar-refractivity contribution is 5.76. The van der Waals surface area contributed by atoms with Gasteiger partial charge in [-0.1, -0.05) is 324 Å². The molecule has 3 saturated heterocycles. The average Bonchev–Trinajstić information content (AvgIpc) is 0.781. The quantitative estimate of drug-likeness (QED) is 0.0199. The molecule has 0 radical (unpaired) electrons. The molecule has 616 valence electrons. The molecule has 19 nitrogen and oxygen atoms in total. The Morgan fingerprint density at radius 3 is 1.06 bits per heavy atom. The van der Waals surface area contributed by atoms with E-state index in [0.29, 0.717) is 12.8 Å². The maximum Gasteiger partial charge on any atom is 0.220 e. The van der Waals surface area contributed by atoms with Crippen molar-refractivity contribution < 1.29 is 89.4 Å². The summed E-state index contributed by atoms with van der Waals surface area (Å²) in [5, 5.41) is 121. The van der Waals surface area contributed by atoms with E-state index in [-0.39, 0.29) is 18.9 Å². The average molecular weight is 1500 g/mol. The second-order valence-electron chi connectivity index (χ2n) is 30.2. The Balaban J connectivity index is 1.37. The van der Waals surface area contributed by atoms with E-state index in [9.17, 15) is 61.0 Å². The van der Waals surface area contributed by atoms with Crippen LogP contribution in [0.25, 0.3) is 0 Å². The topological polar surface area (TPSA) is 307 Å². The molecule has 0 spiro atoms. The third-order valence-corrected chi connectivity index (χ3v) is 20.9. The van der Waals surface area contributed by atoms with Gasteiger partial charge in [0, 0.05) is 6.42 Å². The van der Waals surface area contributed by atoms with Gasteiger partial charge in [0.2, 0.25) is 5.91 Å². The van der Waals surface area contributed by atoms with Crippen LogP contribution in [0.4, 0.5) is 0 Å². The minimum atomic E-state index is -1.99. The first kappa shape index (κ1) is 97.2. The molecule has 3 aliphatic heterocycles. The van der Waals surface area contributed by atoms with E-state index in [1.165, 1.54) is 225 Å². The second-order valence-corrected chi connectivity index (χ2v) is 30.2. The number of aliphatic hydroxyl groups is 11. The summed E-state index contributed by atoms with van der Waals surface area (Å²) in [4.78, 5) is 13.5.